The number of nitrogens with zero attached hydrogens (tertiary/aromatic N) is 4. The Morgan fingerprint density at radius 1 is 0.385 bits per heavy atom. The first-order chi connectivity index (χ1) is 49.8. The van der Waals surface area contributed by atoms with Crippen molar-refractivity contribution in [3.05, 3.63) is 357 Å². The molecule has 4 aliphatic rings. The van der Waals surface area contributed by atoms with Gasteiger partial charge < -0.3 is 87.6 Å². The summed E-state index contributed by atoms with van der Waals surface area (Å²) < 4.78 is 4.83. The number of rotatable bonds is 18. The fraction of sp³-hybridized carbons (Fsp3) is 0.431. The molecular weight excluding hydrogens is 1850 g/mol. The summed E-state index contributed by atoms with van der Waals surface area (Å²) in [6, 6.07) is 63.6. The van der Waals surface area contributed by atoms with Crippen LogP contribution in [-0.2, 0) is 107 Å². The number of para-hydroxylation sites is 2. The first-order valence-electron chi connectivity index (χ1n) is 38.5. The first kappa shape index (κ1) is 139. The number of pyridine rings is 2. The molecule has 0 spiro atoms. The SMILES string of the molecule is C.C.C1CCCC1.C1CCCC1.CC(C)c1ccccc1C([N-]c1c(C(C)C)cccc1C(C)C)c1cccc(C2[CH-]CCC2)n1.CC(C)c1ccccc1C([N-]c1c(C(C)C)cccc1C(C)C)c1cccc(C2[CH-]CCC2)n1.CCOCC.[CH2-]c1ccccc1.[CH2-]c1ccccc1.[CH3-].[CH3-].[CH3-].[CH3-].[CH3-].[CH3-].[CH3-].[CH3-].[Cl][Zr+2][Cl].[Cl][Zr][Cl].[Fe+2].[Fe+2].[Mg+2].[Zr+3]. The topological polar surface area (TPSA) is 63.2 Å². The number of hydrogen-bond donors (Lipinski definition) is 0. The van der Waals surface area contributed by atoms with Crippen LogP contribution in [0, 0.1) is 86.1 Å². The summed E-state index contributed by atoms with van der Waals surface area (Å²) in [5, 5.41) is 11.2. The van der Waals surface area contributed by atoms with E-state index in [1.54, 1.807) is 0 Å². The largest absolute Gasteiger partial charge is 3.00 e. The maximum absolute atomic E-state index is 5.58. The molecule has 2 heterocycles. The summed E-state index contributed by atoms with van der Waals surface area (Å²) in [7, 11) is 19.7. The molecule has 1 radical (unpaired) electrons. The third-order valence-corrected chi connectivity index (χ3v) is 18.9. The van der Waals surface area contributed by atoms with Crippen LogP contribution in [0.3, 0.4) is 0 Å². The quantitative estimate of drug-likeness (QED) is 0.0635. The Bertz CT molecular complexity index is 3210. The zero-order chi connectivity index (χ0) is 75.3. The van der Waals surface area contributed by atoms with Gasteiger partial charge in [0.25, 0.3) is 0 Å². The van der Waals surface area contributed by atoms with Crippen LogP contribution < -0.4 is 0 Å². The van der Waals surface area contributed by atoms with Gasteiger partial charge in [0.15, 0.2) is 0 Å². The summed E-state index contributed by atoms with van der Waals surface area (Å²) >= 11 is -1.65. The Kier molecular flexibility index (Phi) is 98.1. The van der Waals surface area contributed by atoms with Crippen molar-refractivity contribution < 1.29 is 107 Å². The van der Waals surface area contributed by atoms with Crippen LogP contribution in [0.4, 0.5) is 11.4 Å². The van der Waals surface area contributed by atoms with Crippen molar-refractivity contribution in [2.45, 2.75) is 274 Å². The first-order valence-corrected chi connectivity index (χ1v) is 51.1. The molecule has 0 aliphatic heterocycles. The second-order valence-electron chi connectivity index (χ2n) is 28.8. The number of aromatic nitrogens is 2. The molecule has 0 amide bonds. The zero-order valence-corrected chi connectivity index (χ0v) is 89.0. The van der Waals surface area contributed by atoms with Gasteiger partial charge in [-0.25, -0.2) is 0 Å². The van der Waals surface area contributed by atoms with Crippen LogP contribution >= 0.6 is 34.1 Å². The molecule has 0 saturated heterocycles. The predicted molar refractivity (Wildman–Crippen MR) is 514 cm³/mol. The molecule has 651 valence electrons. The molecule has 0 N–H and O–H groups in total. The monoisotopic (exact) mass is 2000 g/mol. The molecule has 6 aromatic carbocycles. The van der Waals surface area contributed by atoms with Gasteiger partial charge in [0.2, 0.25) is 0 Å². The van der Waals surface area contributed by atoms with E-state index in [2.05, 4.69) is 231 Å². The van der Waals surface area contributed by atoms with E-state index in [9.17, 15) is 0 Å². The van der Waals surface area contributed by atoms with Crippen LogP contribution in [-0.4, -0.2) is 46.2 Å². The molecule has 5 nitrogen and oxygen atoms in total. The van der Waals surface area contributed by atoms with Crippen LogP contribution in [0.1, 0.15) is 352 Å². The van der Waals surface area contributed by atoms with E-state index >= 15 is 0 Å². The predicted octanol–water partition coefficient (Wildman–Crippen LogP) is 35.4. The second-order valence-corrected chi connectivity index (χ2v) is 36.2. The minimum absolute atomic E-state index is 0. The average molecular weight is 2010 g/mol. The van der Waals surface area contributed by atoms with E-state index in [-0.39, 0.29) is 170 Å². The number of ether oxygens (including phenoxy) is 1. The Morgan fingerprint density at radius 3 is 0.803 bits per heavy atom. The van der Waals surface area contributed by atoms with Crippen molar-refractivity contribution in [2.75, 3.05) is 13.2 Å². The molecule has 0 bridgehead atoms. The van der Waals surface area contributed by atoms with E-state index in [0.717, 1.165) is 47.1 Å². The maximum Gasteiger partial charge on any atom is 3.00 e. The Balaban J connectivity index is -0.000000139. The summed E-state index contributed by atoms with van der Waals surface area (Å²) in [6.07, 6.45) is 27.2. The molecule has 4 saturated carbocycles. The summed E-state index contributed by atoms with van der Waals surface area (Å²) in [5.74, 6) is 3.41. The van der Waals surface area contributed by atoms with Gasteiger partial charge >= 0.3 is 159 Å². The molecular formula is C102H156Cl4Fe2MgN4OZr3-3. The molecule has 15 heteroatoms. The van der Waals surface area contributed by atoms with Crippen LogP contribution in [0.25, 0.3) is 10.6 Å². The van der Waals surface area contributed by atoms with Crippen molar-refractivity contribution in [3.63, 3.8) is 0 Å². The Hall–Kier alpha value is -1.47. The van der Waals surface area contributed by atoms with Crippen molar-refractivity contribution in [1.29, 1.82) is 0 Å². The van der Waals surface area contributed by atoms with E-state index in [0.29, 0.717) is 47.3 Å². The normalized spacial score (nSPS) is 13.5. The summed E-state index contributed by atoms with van der Waals surface area (Å²) in [6.45, 7) is 40.3. The number of hydrogen-bond acceptors (Lipinski definition) is 3. The number of benzene rings is 6. The molecule has 4 fully saturated rings. The Morgan fingerprint density at radius 2 is 0.607 bits per heavy atom. The van der Waals surface area contributed by atoms with Gasteiger partial charge in [-0.05, 0) is 96.8 Å². The van der Waals surface area contributed by atoms with Gasteiger partial charge in [0.05, 0.1) is 0 Å². The van der Waals surface area contributed by atoms with E-state index in [1.165, 1.54) is 159 Å². The summed E-state index contributed by atoms with van der Waals surface area (Å²) in [4.78, 5) is 10.5. The fourth-order valence-corrected chi connectivity index (χ4v) is 13.4. The minimum atomic E-state index is -0.826. The van der Waals surface area contributed by atoms with Crippen molar-refractivity contribution in [1.82, 2.24) is 9.97 Å². The Labute approximate surface area is 820 Å². The van der Waals surface area contributed by atoms with E-state index < -0.39 is 41.7 Å². The van der Waals surface area contributed by atoms with Gasteiger partial charge in [-0.15, -0.1) is 47.5 Å². The van der Waals surface area contributed by atoms with Gasteiger partial charge in [-0.2, -0.15) is 62.1 Å². The smallest absolute Gasteiger partial charge is 2.00 e. The molecule has 2 aromatic heterocycles. The average Bonchev–Trinajstić information content (AvgIpc) is 1.75. The van der Waals surface area contributed by atoms with Crippen molar-refractivity contribution >= 4 is 68.5 Å². The fourth-order valence-electron chi connectivity index (χ4n) is 13.4. The van der Waals surface area contributed by atoms with Gasteiger partial charge in [-0.1, -0.05) is 330 Å². The van der Waals surface area contributed by atoms with Gasteiger partial charge in [-0.3, -0.25) is 9.97 Å². The van der Waals surface area contributed by atoms with Gasteiger partial charge in [0.1, 0.15) is 0 Å². The van der Waals surface area contributed by atoms with E-state index in [4.69, 9.17) is 59.4 Å². The third kappa shape index (κ3) is 52.3. The molecule has 8 aromatic rings. The van der Waals surface area contributed by atoms with Gasteiger partial charge in [0, 0.05) is 36.0 Å². The minimum Gasteiger partial charge on any atom is 2.00 e. The molecule has 4 aliphatic carbocycles. The zero-order valence-electron chi connectivity index (χ0n) is 75.0. The molecule has 4 atom stereocenters. The number of halogens is 4. The van der Waals surface area contributed by atoms with Crippen LogP contribution in [0.5, 0.6) is 0 Å². The van der Waals surface area contributed by atoms with Crippen LogP contribution in [0.15, 0.2) is 182 Å². The molecule has 117 heavy (non-hydrogen) atoms. The standard InChI is InChI=1S/2C32H40N2.2C7H7.2C5H10.C4H10O.2CH4.8CH3.4ClH.2Fe.Mg.3Zr/c2*1-21(2)25-15-9-10-16-28(25)32(30-20-12-19-29(33-30)24-13-7-8-14-24)34-31-26(22(3)4)17-11-18-27(31)23(5)6;2*1-7-5-3-2-4-6-7;2*1-2-4-5-3-1;1-3-5-4-2;;;;;;;;;;;;;;;;;;;;/h2*9-13,15-24,32H,7-8,14H2,1-6H3;2*2-6H,1H2;2*1-5H2;3-4H2,1-2H3;2*1H4;8*1H3;4*1H;;;;;;/q2*-2;2*-1;;;;;;8*-1;;;;;4*+2;+3;+4/p-4. The van der Waals surface area contributed by atoms with Crippen molar-refractivity contribution in [3.8, 4) is 0 Å². The summed E-state index contributed by atoms with van der Waals surface area (Å²) in [5.41, 5.74) is 19.4. The van der Waals surface area contributed by atoms with E-state index in [1.807, 2.05) is 74.5 Å². The third-order valence-electron chi connectivity index (χ3n) is 18.9. The molecule has 12 rings (SSSR count). The second kappa shape index (κ2) is 82.8. The van der Waals surface area contributed by atoms with Crippen molar-refractivity contribution in [2.24, 2.45) is 0 Å². The molecule has 4 unspecified atom stereocenters. The van der Waals surface area contributed by atoms with Crippen LogP contribution in [0.2, 0.25) is 0 Å². The maximum atomic E-state index is 5.58.